The first-order valence-electron chi connectivity index (χ1n) is 6.47. The second-order valence-corrected chi connectivity index (χ2v) is 7.58. The van der Waals surface area contributed by atoms with E-state index in [1.165, 1.54) is 0 Å². The van der Waals surface area contributed by atoms with Crippen molar-refractivity contribution in [2.45, 2.75) is 12.8 Å². The van der Waals surface area contributed by atoms with Crippen LogP contribution in [0, 0.1) is 5.41 Å². The Morgan fingerprint density at radius 3 is 2.79 bits per heavy atom. The lowest BCUT2D eigenvalue weighted by molar-refractivity contribution is 0.320. The predicted molar refractivity (Wildman–Crippen MR) is 76.3 cm³/mol. The average molecular weight is 283 g/mol. The molecule has 0 amide bonds. The first kappa shape index (κ1) is 14.3. The third-order valence-corrected chi connectivity index (χ3v) is 5.61. The first-order valence-corrected chi connectivity index (χ1v) is 8.29. The number of ether oxygens (including phenoxy) is 1. The van der Waals surface area contributed by atoms with Crippen LogP contribution >= 0.6 is 0 Å². The van der Waals surface area contributed by atoms with E-state index < -0.39 is 9.84 Å². The summed E-state index contributed by atoms with van der Waals surface area (Å²) in [6.07, 6.45) is 1.50. The van der Waals surface area contributed by atoms with Gasteiger partial charge in [-0.3, -0.25) is 0 Å². The Balaban J connectivity index is 2.21. The molecule has 1 aromatic carbocycles. The molecule has 1 saturated heterocycles. The molecule has 2 rings (SSSR count). The second-order valence-electron chi connectivity index (χ2n) is 5.40. The molecule has 1 aromatic rings. The Kier molecular flexibility index (Phi) is 4.16. The molecule has 0 saturated carbocycles. The molecule has 1 unspecified atom stereocenters. The number of hydrogen-bond acceptors (Lipinski definition) is 4. The van der Waals surface area contributed by atoms with Crippen LogP contribution in [-0.2, 0) is 16.3 Å². The lowest BCUT2D eigenvalue weighted by Gasteiger charge is -2.27. The minimum absolute atomic E-state index is 0.181. The quantitative estimate of drug-likeness (QED) is 0.884. The van der Waals surface area contributed by atoms with E-state index in [0.717, 1.165) is 30.7 Å². The fourth-order valence-corrected chi connectivity index (χ4v) is 5.08. The fourth-order valence-electron chi connectivity index (χ4n) is 2.91. The van der Waals surface area contributed by atoms with Crippen LogP contribution < -0.4 is 10.1 Å². The Labute approximate surface area is 115 Å². The van der Waals surface area contributed by atoms with Crippen LogP contribution in [0.3, 0.4) is 0 Å². The summed E-state index contributed by atoms with van der Waals surface area (Å²) in [6.45, 7) is 0.726. The highest BCUT2D eigenvalue weighted by Gasteiger charge is 2.41. The highest BCUT2D eigenvalue weighted by atomic mass is 32.2. The molecule has 0 spiro atoms. The molecule has 0 bridgehead atoms. The van der Waals surface area contributed by atoms with Crippen LogP contribution in [0.15, 0.2) is 24.3 Å². The molecule has 0 radical (unpaired) electrons. The van der Waals surface area contributed by atoms with Crippen molar-refractivity contribution in [3.8, 4) is 5.75 Å². The van der Waals surface area contributed by atoms with Crippen molar-refractivity contribution in [3.63, 3.8) is 0 Å². The Morgan fingerprint density at radius 1 is 1.42 bits per heavy atom. The van der Waals surface area contributed by atoms with Gasteiger partial charge in [0.05, 0.1) is 18.6 Å². The van der Waals surface area contributed by atoms with Crippen LogP contribution in [0.4, 0.5) is 0 Å². The van der Waals surface area contributed by atoms with E-state index in [1.54, 1.807) is 7.11 Å². The molecule has 1 fully saturated rings. The summed E-state index contributed by atoms with van der Waals surface area (Å²) >= 11 is 0. The molecule has 5 heteroatoms. The zero-order valence-electron chi connectivity index (χ0n) is 11.5. The largest absolute Gasteiger partial charge is 0.497 e. The molecular weight excluding hydrogens is 262 g/mol. The number of sulfone groups is 1. The van der Waals surface area contributed by atoms with Crippen LogP contribution in [0.2, 0.25) is 0 Å². The van der Waals surface area contributed by atoms with Crippen LogP contribution in [0.1, 0.15) is 12.0 Å². The van der Waals surface area contributed by atoms with Crippen molar-refractivity contribution in [2.75, 3.05) is 32.2 Å². The number of rotatable bonds is 5. The topological polar surface area (TPSA) is 55.4 Å². The minimum Gasteiger partial charge on any atom is -0.497 e. The van der Waals surface area contributed by atoms with Gasteiger partial charge in [-0.05, 0) is 37.6 Å². The lowest BCUT2D eigenvalue weighted by atomic mass is 9.81. The van der Waals surface area contributed by atoms with Crippen LogP contribution in [-0.4, -0.2) is 40.6 Å². The van der Waals surface area contributed by atoms with Crippen molar-refractivity contribution in [3.05, 3.63) is 29.8 Å². The van der Waals surface area contributed by atoms with Crippen molar-refractivity contribution in [1.82, 2.24) is 5.32 Å². The second kappa shape index (κ2) is 5.51. The van der Waals surface area contributed by atoms with E-state index in [9.17, 15) is 8.42 Å². The number of hydrogen-bond donors (Lipinski definition) is 1. The summed E-state index contributed by atoms with van der Waals surface area (Å²) in [5.74, 6) is 1.40. The van der Waals surface area contributed by atoms with Gasteiger partial charge in [0.2, 0.25) is 0 Å². The molecule has 106 valence electrons. The first-order chi connectivity index (χ1) is 8.99. The predicted octanol–water partition coefficient (Wildman–Crippen LogP) is 1.26. The summed E-state index contributed by atoms with van der Waals surface area (Å²) in [5, 5.41) is 3.14. The molecular formula is C14H21NO3S. The van der Waals surface area contributed by atoms with Gasteiger partial charge < -0.3 is 10.1 Å². The summed E-state index contributed by atoms with van der Waals surface area (Å²) in [6, 6.07) is 7.87. The van der Waals surface area contributed by atoms with Gasteiger partial charge in [0.1, 0.15) is 5.75 Å². The Morgan fingerprint density at radius 2 is 2.21 bits per heavy atom. The highest BCUT2D eigenvalue weighted by molar-refractivity contribution is 7.91. The zero-order chi connectivity index (χ0) is 13.9. The van der Waals surface area contributed by atoms with Crippen LogP contribution in [0.5, 0.6) is 5.75 Å². The molecule has 1 aliphatic heterocycles. The average Bonchev–Trinajstić information content (AvgIpc) is 2.65. The van der Waals surface area contributed by atoms with Crippen molar-refractivity contribution < 1.29 is 13.2 Å². The van der Waals surface area contributed by atoms with Crippen molar-refractivity contribution >= 4 is 9.84 Å². The zero-order valence-corrected chi connectivity index (χ0v) is 12.3. The number of nitrogens with one attached hydrogen (secondary N) is 1. The summed E-state index contributed by atoms with van der Waals surface area (Å²) < 4.78 is 28.8. The molecule has 0 aromatic heterocycles. The van der Waals surface area contributed by atoms with Gasteiger partial charge in [-0.25, -0.2) is 8.42 Å². The van der Waals surface area contributed by atoms with E-state index in [2.05, 4.69) is 5.32 Å². The normalized spacial score (nSPS) is 25.4. The maximum atomic E-state index is 11.8. The van der Waals surface area contributed by atoms with Gasteiger partial charge in [0.25, 0.3) is 0 Å². The molecule has 0 aliphatic carbocycles. The standard InChI is InChI=1S/C14H21NO3S/c1-15-10-14(6-7-19(16,17)11-14)9-12-4-3-5-13(8-12)18-2/h3-5,8,15H,6-7,9-11H2,1-2H3. The molecule has 19 heavy (non-hydrogen) atoms. The van der Waals surface area contributed by atoms with E-state index in [-0.39, 0.29) is 11.2 Å². The molecule has 1 aliphatic rings. The summed E-state index contributed by atoms with van der Waals surface area (Å²) in [4.78, 5) is 0. The molecule has 1 heterocycles. The third-order valence-electron chi connectivity index (χ3n) is 3.73. The maximum Gasteiger partial charge on any atom is 0.150 e. The van der Waals surface area contributed by atoms with Gasteiger partial charge in [0.15, 0.2) is 9.84 Å². The van der Waals surface area contributed by atoms with E-state index in [4.69, 9.17) is 4.74 Å². The molecule has 1 atom stereocenters. The number of methoxy groups -OCH3 is 1. The van der Waals surface area contributed by atoms with E-state index in [0.29, 0.717) is 5.75 Å². The lowest BCUT2D eigenvalue weighted by Crippen LogP contribution is -2.35. The van der Waals surface area contributed by atoms with Gasteiger partial charge in [0, 0.05) is 12.0 Å². The monoisotopic (exact) mass is 283 g/mol. The third kappa shape index (κ3) is 3.48. The highest BCUT2D eigenvalue weighted by Crippen LogP contribution is 2.35. The van der Waals surface area contributed by atoms with Gasteiger partial charge in [-0.15, -0.1) is 0 Å². The SMILES string of the molecule is CNCC1(Cc2cccc(OC)c2)CCS(=O)(=O)C1. The van der Waals surface area contributed by atoms with Crippen molar-refractivity contribution in [2.24, 2.45) is 5.41 Å². The van der Waals surface area contributed by atoms with E-state index >= 15 is 0 Å². The van der Waals surface area contributed by atoms with Gasteiger partial charge >= 0.3 is 0 Å². The Hall–Kier alpha value is -1.07. The summed E-state index contributed by atoms with van der Waals surface area (Å²) in [5.41, 5.74) is 0.951. The smallest absolute Gasteiger partial charge is 0.150 e. The molecule has 4 nitrogen and oxygen atoms in total. The minimum atomic E-state index is -2.88. The fraction of sp³-hybridized carbons (Fsp3) is 0.571. The maximum absolute atomic E-state index is 11.8. The van der Waals surface area contributed by atoms with E-state index in [1.807, 2.05) is 31.3 Å². The summed E-state index contributed by atoms with van der Waals surface area (Å²) in [7, 11) is 0.632. The molecule has 1 N–H and O–H groups in total. The van der Waals surface area contributed by atoms with Crippen molar-refractivity contribution in [1.29, 1.82) is 0 Å². The van der Waals surface area contributed by atoms with Gasteiger partial charge in [-0.1, -0.05) is 12.1 Å². The Bertz CT molecular complexity index is 541. The van der Waals surface area contributed by atoms with Crippen LogP contribution in [0.25, 0.3) is 0 Å². The van der Waals surface area contributed by atoms with Gasteiger partial charge in [-0.2, -0.15) is 0 Å². The number of benzene rings is 1.